The van der Waals surface area contributed by atoms with E-state index in [1.54, 1.807) is 6.07 Å². The van der Waals surface area contributed by atoms with Crippen LogP contribution >= 0.6 is 11.6 Å². The van der Waals surface area contributed by atoms with Crippen molar-refractivity contribution >= 4 is 23.4 Å². The van der Waals surface area contributed by atoms with Crippen molar-refractivity contribution in [1.82, 2.24) is 9.97 Å². The van der Waals surface area contributed by atoms with E-state index in [1.165, 1.54) is 18.3 Å². The van der Waals surface area contributed by atoms with Crippen LogP contribution in [0.5, 0.6) is 0 Å². The molecule has 0 saturated carbocycles. The number of aromatic nitrogens is 2. The number of nitrogens with zero attached hydrogens (tertiary/aromatic N) is 2. The molecule has 0 amide bonds. The fourth-order valence-electron chi connectivity index (χ4n) is 1.40. The number of halogens is 2. The highest BCUT2D eigenvalue weighted by molar-refractivity contribution is 6.30. The third-order valence-corrected chi connectivity index (χ3v) is 2.60. The molecule has 7 heteroatoms. The zero-order valence-electron chi connectivity index (χ0n) is 9.60. The van der Waals surface area contributed by atoms with Crippen LogP contribution in [0.15, 0.2) is 30.6 Å². The molecule has 0 atom stereocenters. The maximum atomic E-state index is 13.0. The largest absolute Gasteiger partial charge is 0.476 e. The zero-order valence-corrected chi connectivity index (χ0v) is 10.4. The van der Waals surface area contributed by atoms with Crippen LogP contribution in [0.25, 0.3) is 0 Å². The number of rotatable bonds is 4. The van der Waals surface area contributed by atoms with Crippen LogP contribution in [0.1, 0.15) is 16.1 Å². The first-order valence-corrected chi connectivity index (χ1v) is 5.67. The van der Waals surface area contributed by atoms with Gasteiger partial charge in [0.05, 0.1) is 17.4 Å². The van der Waals surface area contributed by atoms with Crippen molar-refractivity contribution in [2.75, 3.05) is 5.32 Å². The minimum atomic E-state index is -1.15. The highest BCUT2D eigenvalue weighted by Gasteiger charge is 2.06. The normalized spacial score (nSPS) is 10.2. The standard InChI is InChI=1S/C12H9ClFN3O2/c13-8-3-7(1-2-9(8)14)4-16-11-6-15-5-10(17-11)12(18)19/h1-3,5-6H,4H2,(H,16,17)(H,18,19). The molecule has 0 unspecified atom stereocenters. The lowest BCUT2D eigenvalue weighted by Gasteiger charge is -2.06. The van der Waals surface area contributed by atoms with Gasteiger partial charge in [0, 0.05) is 6.54 Å². The number of benzene rings is 1. The zero-order chi connectivity index (χ0) is 13.8. The van der Waals surface area contributed by atoms with Crippen molar-refractivity contribution in [3.8, 4) is 0 Å². The molecule has 0 fully saturated rings. The van der Waals surface area contributed by atoms with Gasteiger partial charge in [-0.3, -0.25) is 4.98 Å². The smallest absolute Gasteiger partial charge is 0.356 e. The number of hydrogen-bond acceptors (Lipinski definition) is 4. The fourth-order valence-corrected chi connectivity index (χ4v) is 1.60. The topological polar surface area (TPSA) is 75.1 Å². The molecule has 5 nitrogen and oxygen atoms in total. The Labute approximate surface area is 113 Å². The first-order valence-electron chi connectivity index (χ1n) is 5.29. The molecular formula is C12H9ClFN3O2. The molecule has 19 heavy (non-hydrogen) atoms. The van der Waals surface area contributed by atoms with Crippen molar-refractivity contribution in [2.45, 2.75) is 6.54 Å². The summed E-state index contributed by atoms with van der Waals surface area (Å²) in [4.78, 5) is 18.3. The van der Waals surface area contributed by atoms with Gasteiger partial charge in [0.25, 0.3) is 0 Å². The number of hydrogen-bond donors (Lipinski definition) is 2. The summed E-state index contributed by atoms with van der Waals surface area (Å²) in [7, 11) is 0. The number of carboxylic acids is 1. The summed E-state index contributed by atoms with van der Waals surface area (Å²) in [5.74, 6) is -1.32. The summed E-state index contributed by atoms with van der Waals surface area (Å²) >= 11 is 5.65. The second-order valence-electron chi connectivity index (χ2n) is 3.70. The molecule has 1 aromatic carbocycles. The van der Waals surface area contributed by atoms with Crippen molar-refractivity contribution in [3.05, 3.63) is 52.7 Å². The van der Waals surface area contributed by atoms with Crippen LogP contribution < -0.4 is 5.32 Å². The van der Waals surface area contributed by atoms with E-state index in [4.69, 9.17) is 16.7 Å². The Kier molecular flexibility index (Phi) is 3.91. The van der Waals surface area contributed by atoms with Gasteiger partial charge in [-0.05, 0) is 17.7 Å². The second-order valence-corrected chi connectivity index (χ2v) is 4.10. The highest BCUT2D eigenvalue weighted by Crippen LogP contribution is 2.16. The molecule has 0 saturated heterocycles. The van der Waals surface area contributed by atoms with Crippen molar-refractivity contribution in [2.24, 2.45) is 0 Å². The minimum absolute atomic E-state index is 0.0321. The maximum Gasteiger partial charge on any atom is 0.356 e. The Bertz CT molecular complexity index is 622. The molecule has 0 spiro atoms. The van der Waals surface area contributed by atoms with Crippen LogP contribution in [0.2, 0.25) is 5.02 Å². The predicted octanol–water partition coefficient (Wildman–Crippen LogP) is 2.58. The van der Waals surface area contributed by atoms with E-state index in [-0.39, 0.29) is 10.7 Å². The van der Waals surface area contributed by atoms with E-state index < -0.39 is 11.8 Å². The van der Waals surface area contributed by atoms with Gasteiger partial charge in [0.2, 0.25) is 0 Å². The number of aromatic carboxylic acids is 1. The van der Waals surface area contributed by atoms with Gasteiger partial charge in [-0.25, -0.2) is 14.2 Å². The predicted molar refractivity (Wildman–Crippen MR) is 67.7 cm³/mol. The summed E-state index contributed by atoms with van der Waals surface area (Å²) in [5, 5.41) is 11.7. The molecule has 1 aromatic heterocycles. The van der Waals surface area contributed by atoms with E-state index >= 15 is 0 Å². The average Bonchev–Trinajstić information content (AvgIpc) is 2.40. The molecule has 98 valence electrons. The first-order chi connectivity index (χ1) is 9.06. The van der Waals surface area contributed by atoms with Crippen LogP contribution in [0.3, 0.4) is 0 Å². The second kappa shape index (κ2) is 5.62. The summed E-state index contributed by atoms with van der Waals surface area (Å²) < 4.78 is 13.0. The third kappa shape index (κ3) is 3.38. The Morgan fingerprint density at radius 3 is 2.89 bits per heavy atom. The molecule has 0 aliphatic carbocycles. The molecule has 2 N–H and O–H groups in total. The molecule has 0 bridgehead atoms. The van der Waals surface area contributed by atoms with E-state index in [0.717, 1.165) is 11.8 Å². The quantitative estimate of drug-likeness (QED) is 0.901. The van der Waals surface area contributed by atoms with Gasteiger partial charge in [-0.15, -0.1) is 0 Å². The van der Waals surface area contributed by atoms with E-state index in [2.05, 4.69) is 15.3 Å². The Balaban J connectivity index is 2.07. The van der Waals surface area contributed by atoms with Crippen LogP contribution in [-0.2, 0) is 6.54 Å². The fraction of sp³-hybridized carbons (Fsp3) is 0.0833. The highest BCUT2D eigenvalue weighted by atomic mass is 35.5. The molecule has 1 heterocycles. The van der Waals surface area contributed by atoms with Crippen LogP contribution in [-0.4, -0.2) is 21.0 Å². The third-order valence-electron chi connectivity index (χ3n) is 2.31. The molecule has 2 aromatic rings. The van der Waals surface area contributed by atoms with Gasteiger partial charge in [-0.1, -0.05) is 17.7 Å². The number of carbonyl (C=O) groups is 1. The van der Waals surface area contributed by atoms with E-state index in [9.17, 15) is 9.18 Å². The van der Waals surface area contributed by atoms with E-state index in [0.29, 0.717) is 12.4 Å². The Hall–Kier alpha value is -2.21. The van der Waals surface area contributed by atoms with Gasteiger partial charge in [0.15, 0.2) is 5.69 Å². The molecule has 0 aliphatic rings. The number of nitrogens with one attached hydrogen (secondary N) is 1. The van der Waals surface area contributed by atoms with Crippen LogP contribution in [0.4, 0.5) is 10.2 Å². The van der Waals surface area contributed by atoms with Crippen molar-refractivity contribution in [3.63, 3.8) is 0 Å². The molecular weight excluding hydrogens is 273 g/mol. The summed E-state index contributed by atoms with van der Waals surface area (Å²) in [6.45, 7) is 0.331. The monoisotopic (exact) mass is 281 g/mol. The number of anilines is 1. The van der Waals surface area contributed by atoms with Crippen LogP contribution in [0, 0.1) is 5.82 Å². The Morgan fingerprint density at radius 2 is 2.21 bits per heavy atom. The lowest BCUT2D eigenvalue weighted by molar-refractivity contribution is 0.0690. The number of carboxylic acid groups (broad SMARTS) is 1. The maximum absolute atomic E-state index is 13.0. The average molecular weight is 282 g/mol. The van der Waals surface area contributed by atoms with Crippen molar-refractivity contribution in [1.29, 1.82) is 0 Å². The Morgan fingerprint density at radius 1 is 1.42 bits per heavy atom. The molecule has 2 rings (SSSR count). The summed E-state index contributed by atoms with van der Waals surface area (Å²) in [6.07, 6.45) is 2.56. The molecule has 0 radical (unpaired) electrons. The minimum Gasteiger partial charge on any atom is -0.476 e. The van der Waals surface area contributed by atoms with Gasteiger partial charge >= 0.3 is 5.97 Å². The van der Waals surface area contributed by atoms with Gasteiger partial charge in [-0.2, -0.15) is 0 Å². The van der Waals surface area contributed by atoms with Gasteiger partial charge < -0.3 is 10.4 Å². The lowest BCUT2D eigenvalue weighted by atomic mass is 10.2. The molecule has 0 aliphatic heterocycles. The summed E-state index contributed by atoms with van der Waals surface area (Å²) in [6, 6.07) is 4.32. The van der Waals surface area contributed by atoms with E-state index in [1.807, 2.05) is 0 Å². The van der Waals surface area contributed by atoms with Crippen molar-refractivity contribution < 1.29 is 14.3 Å². The summed E-state index contributed by atoms with van der Waals surface area (Å²) in [5.41, 5.74) is 0.594. The SMILES string of the molecule is O=C(O)c1cncc(NCc2ccc(F)c(Cl)c2)n1. The first kappa shape index (κ1) is 13.2. The lowest BCUT2D eigenvalue weighted by Crippen LogP contribution is -2.06. The van der Waals surface area contributed by atoms with Gasteiger partial charge in [0.1, 0.15) is 11.6 Å².